The zero-order chi connectivity index (χ0) is 21.3. The van der Waals surface area contributed by atoms with Gasteiger partial charge in [-0.25, -0.2) is 17.2 Å². The summed E-state index contributed by atoms with van der Waals surface area (Å²) in [6.07, 6.45) is 0. The van der Waals surface area contributed by atoms with Crippen LogP contribution in [0.15, 0.2) is 56.2 Å². The first kappa shape index (κ1) is 21.0. The van der Waals surface area contributed by atoms with E-state index in [1.54, 1.807) is 0 Å². The highest BCUT2D eigenvalue weighted by molar-refractivity contribution is 9.10. The molecule has 0 amide bonds. The predicted molar refractivity (Wildman–Crippen MR) is 108 cm³/mol. The fraction of sp³-hybridized carbons (Fsp3) is 0.263. The summed E-state index contributed by atoms with van der Waals surface area (Å²) in [6, 6.07) is 9.90. The van der Waals surface area contributed by atoms with E-state index >= 15 is 0 Å². The standard InChI is InChI=1S/C19H17BrF2N4O3S/c20-14-3-1-2-13(10-14)19-24-23-18(29-19)12-25-6-8-26(9-7-25)30(27,28)17-11-15(21)4-5-16(17)22/h1-5,10-11H,6-9,12H2. The maximum absolute atomic E-state index is 13.9. The molecule has 1 aliphatic rings. The van der Waals surface area contributed by atoms with Crippen LogP contribution in [-0.4, -0.2) is 54.0 Å². The van der Waals surface area contributed by atoms with Crippen molar-refractivity contribution in [1.82, 2.24) is 19.4 Å². The molecule has 0 aliphatic carbocycles. The van der Waals surface area contributed by atoms with Crippen molar-refractivity contribution < 1.29 is 21.6 Å². The Hall–Kier alpha value is -2.21. The lowest BCUT2D eigenvalue weighted by molar-refractivity contribution is 0.168. The van der Waals surface area contributed by atoms with Gasteiger partial charge in [-0.05, 0) is 36.4 Å². The number of benzene rings is 2. The van der Waals surface area contributed by atoms with Crippen LogP contribution in [-0.2, 0) is 16.6 Å². The molecular weight excluding hydrogens is 482 g/mol. The van der Waals surface area contributed by atoms with Gasteiger partial charge in [-0.1, -0.05) is 22.0 Å². The second kappa shape index (κ2) is 8.50. The molecule has 11 heteroatoms. The van der Waals surface area contributed by atoms with Crippen LogP contribution in [0.3, 0.4) is 0 Å². The molecule has 3 aromatic rings. The van der Waals surface area contributed by atoms with Gasteiger partial charge in [-0.2, -0.15) is 4.31 Å². The Morgan fingerprint density at radius 1 is 1.03 bits per heavy atom. The smallest absolute Gasteiger partial charge is 0.247 e. The highest BCUT2D eigenvalue weighted by atomic mass is 79.9. The second-order valence-electron chi connectivity index (χ2n) is 6.77. The van der Waals surface area contributed by atoms with Gasteiger partial charge in [-0.15, -0.1) is 10.2 Å². The number of hydrogen-bond donors (Lipinski definition) is 0. The molecule has 30 heavy (non-hydrogen) atoms. The number of hydrogen-bond acceptors (Lipinski definition) is 6. The highest BCUT2D eigenvalue weighted by Gasteiger charge is 2.31. The van der Waals surface area contributed by atoms with E-state index in [2.05, 4.69) is 26.1 Å². The molecular formula is C19H17BrF2N4O3S. The fourth-order valence-corrected chi connectivity index (χ4v) is 5.09. The molecule has 0 N–H and O–H groups in total. The van der Waals surface area contributed by atoms with Crippen molar-refractivity contribution in [2.75, 3.05) is 26.2 Å². The lowest BCUT2D eigenvalue weighted by Crippen LogP contribution is -2.48. The van der Waals surface area contributed by atoms with Crippen LogP contribution in [0, 0.1) is 11.6 Å². The van der Waals surface area contributed by atoms with E-state index in [0.29, 0.717) is 37.5 Å². The molecule has 0 unspecified atom stereocenters. The van der Waals surface area contributed by atoms with Crippen LogP contribution >= 0.6 is 15.9 Å². The summed E-state index contributed by atoms with van der Waals surface area (Å²) >= 11 is 3.40. The summed E-state index contributed by atoms with van der Waals surface area (Å²) < 4.78 is 60.5. The van der Waals surface area contributed by atoms with Gasteiger partial charge in [0.25, 0.3) is 0 Å². The Balaban J connectivity index is 1.40. The number of sulfonamides is 1. The van der Waals surface area contributed by atoms with E-state index in [-0.39, 0.29) is 13.1 Å². The van der Waals surface area contributed by atoms with Crippen molar-refractivity contribution in [3.05, 3.63) is 64.5 Å². The third-order valence-electron chi connectivity index (χ3n) is 4.74. The van der Waals surface area contributed by atoms with Gasteiger partial charge >= 0.3 is 0 Å². The first-order valence-corrected chi connectivity index (χ1v) is 11.3. The van der Waals surface area contributed by atoms with E-state index < -0.39 is 26.6 Å². The van der Waals surface area contributed by atoms with E-state index in [0.717, 1.165) is 26.5 Å². The normalized spacial score (nSPS) is 16.1. The molecule has 0 spiro atoms. The lowest BCUT2D eigenvalue weighted by atomic mass is 10.2. The van der Waals surface area contributed by atoms with E-state index in [1.165, 1.54) is 0 Å². The minimum atomic E-state index is -4.11. The molecule has 7 nitrogen and oxygen atoms in total. The Labute approximate surface area is 180 Å². The van der Waals surface area contributed by atoms with Crippen LogP contribution in [0.4, 0.5) is 8.78 Å². The van der Waals surface area contributed by atoms with E-state index in [1.807, 2.05) is 29.2 Å². The summed E-state index contributed by atoms with van der Waals surface area (Å²) in [4.78, 5) is 1.32. The van der Waals surface area contributed by atoms with Crippen LogP contribution in [0.5, 0.6) is 0 Å². The number of halogens is 3. The lowest BCUT2D eigenvalue weighted by Gasteiger charge is -2.33. The molecule has 158 valence electrons. The first-order valence-electron chi connectivity index (χ1n) is 9.09. The highest BCUT2D eigenvalue weighted by Crippen LogP contribution is 2.24. The van der Waals surface area contributed by atoms with E-state index in [4.69, 9.17) is 4.42 Å². The SMILES string of the molecule is O=S(=O)(c1cc(F)ccc1F)N1CCN(Cc2nnc(-c3cccc(Br)c3)o2)CC1. The summed E-state index contributed by atoms with van der Waals surface area (Å²) in [5, 5.41) is 8.11. The molecule has 4 rings (SSSR count). The summed E-state index contributed by atoms with van der Waals surface area (Å²) in [6.45, 7) is 1.44. The van der Waals surface area contributed by atoms with Gasteiger partial charge < -0.3 is 4.42 Å². The van der Waals surface area contributed by atoms with Gasteiger partial charge in [0.2, 0.25) is 21.8 Å². The minimum Gasteiger partial charge on any atom is -0.419 e. The number of rotatable bonds is 5. The summed E-state index contributed by atoms with van der Waals surface area (Å²) in [5.41, 5.74) is 0.788. The fourth-order valence-electron chi connectivity index (χ4n) is 3.19. The largest absolute Gasteiger partial charge is 0.419 e. The summed E-state index contributed by atoms with van der Waals surface area (Å²) in [5.74, 6) is -0.956. The molecule has 1 fully saturated rings. The quantitative estimate of drug-likeness (QED) is 0.536. The van der Waals surface area contributed by atoms with Crippen molar-refractivity contribution in [3.8, 4) is 11.5 Å². The molecule has 1 aromatic heterocycles. The number of nitrogens with zero attached hydrogens (tertiary/aromatic N) is 4. The molecule has 2 heterocycles. The minimum absolute atomic E-state index is 0.144. The van der Waals surface area contributed by atoms with Gasteiger partial charge in [0.05, 0.1) is 6.54 Å². The maximum atomic E-state index is 13.9. The monoisotopic (exact) mass is 498 g/mol. The van der Waals surface area contributed by atoms with Gasteiger partial charge in [0.1, 0.15) is 16.5 Å². The summed E-state index contributed by atoms with van der Waals surface area (Å²) in [7, 11) is -4.11. The Bertz CT molecular complexity index is 1160. The molecule has 0 atom stereocenters. The van der Waals surface area contributed by atoms with Crippen molar-refractivity contribution in [2.45, 2.75) is 11.4 Å². The number of aromatic nitrogens is 2. The van der Waals surface area contributed by atoms with Crippen molar-refractivity contribution in [1.29, 1.82) is 0 Å². The average Bonchev–Trinajstić information content (AvgIpc) is 3.19. The van der Waals surface area contributed by atoms with Crippen molar-refractivity contribution >= 4 is 26.0 Å². The molecule has 1 saturated heterocycles. The van der Waals surface area contributed by atoms with Crippen LogP contribution in [0.2, 0.25) is 0 Å². The molecule has 0 saturated carbocycles. The van der Waals surface area contributed by atoms with Crippen molar-refractivity contribution in [2.24, 2.45) is 0 Å². The zero-order valence-electron chi connectivity index (χ0n) is 15.6. The Kier molecular flexibility index (Phi) is 5.96. The molecule has 1 aliphatic heterocycles. The predicted octanol–water partition coefficient (Wildman–Crippen LogP) is 3.28. The van der Waals surface area contributed by atoms with Gasteiger partial charge in [-0.3, -0.25) is 4.90 Å². The Morgan fingerprint density at radius 2 is 1.80 bits per heavy atom. The van der Waals surface area contributed by atoms with Gasteiger partial charge in [0.15, 0.2) is 0 Å². The van der Waals surface area contributed by atoms with Gasteiger partial charge in [0, 0.05) is 36.2 Å². The Morgan fingerprint density at radius 3 is 2.53 bits per heavy atom. The van der Waals surface area contributed by atoms with Crippen LogP contribution < -0.4 is 0 Å². The van der Waals surface area contributed by atoms with Crippen molar-refractivity contribution in [3.63, 3.8) is 0 Å². The maximum Gasteiger partial charge on any atom is 0.247 e. The number of piperazine rings is 1. The second-order valence-corrected chi connectivity index (χ2v) is 9.59. The molecule has 2 aromatic carbocycles. The zero-order valence-corrected chi connectivity index (χ0v) is 18.0. The molecule has 0 radical (unpaired) electrons. The van der Waals surface area contributed by atoms with E-state index in [9.17, 15) is 17.2 Å². The van der Waals surface area contributed by atoms with Crippen LogP contribution in [0.1, 0.15) is 5.89 Å². The average molecular weight is 499 g/mol. The third-order valence-corrected chi connectivity index (χ3v) is 7.15. The topological polar surface area (TPSA) is 79.5 Å². The third kappa shape index (κ3) is 4.43. The van der Waals surface area contributed by atoms with Crippen LogP contribution in [0.25, 0.3) is 11.5 Å². The first-order chi connectivity index (χ1) is 14.3. The molecule has 0 bridgehead atoms.